The average Bonchev–Trinajstić information content (AvgIpc) is 1.61. The van der Waals surface area contributed by atoms with Crippen molar-refractivity contribution in [2.75, 3.05) is 37.9 Å². The molecule has 0 fully saturated rings. The van der Waals surface area contributed by atoms with E-state index in [0.717, 1.165) is 134 Å². The molecule has 8 bridgehead atoms. The highest BCUT2D eigenvalue weighted by molar-refractivity contribution is 7.99. The van der Waals surface area contributed by atoms with Crippen LogP contribution in [-0.4, -0.2) is 64.0 Å². The normalized spacial score (nSPS) is 12.0. The number of carboxylic acids is 1. The van der Waals surface area contributed by atoms with E-state index in [4.69, 9.17) is 28.9 Å². The fraction of sp³-hybridized carbons (Fsp3) is 0.408. The fourth-order valence-corrected chi connectivity index (χ4v) is 15.8. The number of hydrogen-bond acceptors (Lipinski definition) is 10. The molecule has 6 heterocycles. The number of ether oxygens (including phenoxy) is 4. The summed E-state index contributed by atoms with van der Waals surface area (Å²) in [4.78, 5) is 36.3. The molecule has 0 unspecified atom stereocenters. The SMILES string of the molecule is CCCCCCCCOc1cccc(OCCCCCCCC)c1-c1c2nc(c(C#Cc3ccc4c(c3)N(CCCCCCCC)c3ccccc3S4)c3ccc([nH]3)c(-c3c(OCCCCCCCC)cccc3OCCCCCCCC)c3nc(c(C#Cc4ccc(/C=C(/C#N)C(=O)O)cc4)c4ccc1[nH]4)C=C3)C=C2. The number of aliphatic carboxylic acids is 1. The van der Waals surface area contributed by atoms with Crippen molar-refractivity contribution in [1.29, 1.82) is 5.26 Å². The second-order valence-corrected chi connectivity index (χ2v) is 30.6. The minimum Gasteiger partial charge on any atom is -0.493 e. The van der Waals surface area contributed by atoms with Crippen LogP contribution in [0, 0.1) is 35.0 Å². The van der Waals surface area contributed by atoms with Gasteiger partial charge in [0.2, 0.25) is 0 Å². The van der Waals surface area contributed by atoms with Crippen LogP contribution < -0.4 is 23.8 Å². The van der Waals surface area contributed by atoms with E-state index in [0.29, 0.717) is 100.0 Å². The first-order valence-electron chi connectivity index (χ1n) is 41.8. The van der Waals surface area contributed by atoms with Gasteiger partial charge < -0.3 is 38.9 Å². The Hall–Kier alpha value is -10.1. The van der Waals surface area contributed by atoms with Gasteiger partial charge in [-0.15, -0.1) is 0 Å². The maximum atomic E-state index is 11.9. The van der Waals surface area contributed by atoms with Crippen molar-refractivity contribution in [2.45, 2.75) is 237 Å². The molecule has 111 heavy (non-hydrogen) atoms. The van der Waals surface area contributed by atoms with Crippen molar-refractivity contribution >= 4 is 81.6 Å². The van der Waals surface area contributed by atoms with E-state index in [1.165, 1.54) is 136 Å². The van der Waals surface area contributed by atoms with E-state index < -0.39 is 5.97 Å². The quantitative estimate of drug-likeness (QED) is 0.0145. The molecule has 11 rings (SSSR count). The number of H-pyrrole nitrogens is 2. The van der Waals surface area contributed by atoms with Gasteiger partial charge in [0, 0.05) is 49.6 Å². The molecule has 3 aliphatic rings. The zero-order valence-corrected chi connectivity index (χ0v) is 67.3. The Balaban J connectivity index is 1.17. The van der Waals surface area contributed by atoms with Gasteiger partial charge >= 0.3 is 5.97 Å². The van der Waals surface area contributed by atoms with E-state index in [1.807, 2.05) is 42.1 Å². The van der Waals surface area contributed by atoms with Crippen LogP contribution in [-0.2, 0) is 4.79 Å². The van der Waals surface area contributed by atoms with Crippen molar-refractivity contribution in [2.24, 2.45) is 0 Å². The molecule has 0 atom stereocenters. The van der Waals surface area contributed by atoms with Crippen molar-refractivity contribution in [1.82, 2.24) is 19.9 Å². The van der Waals surface area contributed by atoms with E-state index >= 15 is 0 Å². The molecule has 8 aromatic rings. The number of benzene rings is 5. The molecular weight excluding hydrogens is 1390 g/mol. The number of carboxylic acid groups (broad SMARTS) is 1. The van der Waals surface area contributed by atoms with Gasteiger partial charge in [0.15, 0.2) is 0 Å². The lowest BCUT2D eigenvalue weighted by atomic mass is 10.0. The molecule has 0 spiro atoms. The Bertz CT molecular complexity index is 4700. The van der Waals surface area contributed by atoms with E-state index in [1.54, 1.807) is 18.2 Å². The Morgan fingerprint density at radius 1 is 0.414 bits per heavy atom. The predicted molar refractivity (Wildman–Crippen MR) is 462 cm³/mol. The molecule has 3 aliphatic heterocycles. The predicted octanol–water partition coefficient (Wildman–Crippen LogP) is 26.7. The van der Waals surface area contributed by atoms with E-state index in [2.05, 4.69) is 182 Å². The molecule has 13 heteroatoms. The maximum Gasteiger partial charge on any atom is 0.346 e. The summed E-state index contributed by atoms with van der Waals surface area (Å²) in [5, 5.41) is 19.3. The number of nitriles is 1. The zero-order valence-electron chi connectivity index (χ0n) is 66.4. The molecule has 12 nitrogen and oxygen atoms in total. The second-order valence-electron chi connectivity index (χ2n) is 29.5. The first-order valence-corrected chi connectivity index (χ1v) is 42.6. The number of aromatic amines is 2. The van der Waals surface area contributed by atoms with Crippen LogP contribution in [0.25, 0.3) is 74.7 Å². The van der Waals surface area contributed by atoms with Crippen molar-refractivity contribution < 1.29 is 28.8 Å². The third-order valence-corrected chi connectivity index (χ3v) is 22.0. The van der Waals surface area contributed by atoms with Crippen molar-refractivity contribution in [3.8, 4) is 75.0 Å². The molecule has 3 aromatic heterocycles. The van der Waals surface area contributed by atoms with Gasteiger partial charge in [0.05, 0.1) is 93.9 Å². The number of unbranched alkanes of at least 4 members (excludes halogenated alkanes) is 25. The number of fused-ring (bicyclic) bond motifs is 10. The monoisotopic (exact) mass is 1500 g/mol. The lowest BCUT2D eigenvalue weighted by molar-refractivity contribution is -0.132. The lowest BCUT2D eigenvalue weighted by Crippen LogP contribution is -2.22. The average molecular weight is 1500 g/mol. The lowest BCUT2D eigenvalue weighted by Gasteiger charge is -2.33. The highest BCUT2D eigenvalue weighted by atomic mass is 32.2. The van der Waals surface area contributed by atoms with Crippen LogP contribution in [0.2, 0.25) is 0 Å². The Labute approximate surface area is 665 Å². The number of para-hydroxylation sites is 1. The Kier molecular flexibility index (Phi) is 32.5. The van der Waals surface area contributed by atoms with Crippen molar-refractivity contribution in [3.05, 3.63) is 184 Å². The van der Waals surface area contributed by atoms with Gasteiger partial charge in [0.1, 0.15) is 34.6 Å². The number of nitrogens with one attached hydrogen (secondary N) is 2. The first-order chi connectivity index (χ1) is 54.7. The molecule has 3 N–H and O–H groups in total. The number of carbonyl (C=O) groups is 1. The number of nitrogens with zero attached hydrogens (tertiary/aromatic N) is 4. The summed E-state index contributed by atoms with van der Waals surface area (Å²) in [7, 11) is 0. The van der Waals surface area contributed by atoms with Crippen LogP contribution in [0.3, 0.4) is 0 Å². The maximum absolute atomic E-state index is 11.9. The zero-order chi connectivity index (χ0) is 77.2. The third kappa shape index (κ3) is 23.0. The van der Waals surface area contributed by atoms with E-state index in [9.17, 15) is 15.2 Å². The van der Waals surface area contributed by atoms with Gasteiger partial charge in [-0.2, -0.15) is 5.26 Å². The summed E-state index contributed by atoms with van der Waals surface area (Å²) in [6.45, 7) is 14.3. The summed E-state index contributed by atoms with van der Waals surface area (Å²) < 4.78 is 28.1. The summed E-state index contributed by atoms with van der Waals surface area (Å²) in [6.07, 6.45) is 44.0. The molecule has 578 valence electrons. The number of hydrogen-bond donors (Lipinski definition) is 3. The minimum atomic E-state index is -1.29. The molecule has 0 amide bonds. The van der Waals surface area contributed by atoms with Gasteiger partial charge in [-0.05, 0) is 159 Å². The Morgan fingerprint density at radius 2 is 0.802 bits per heavy atom. The first kappa shape index (κ1) is 81.8. The standard InChI is InChI=1S/C98H114N6O6S/c1-6-11-16-21-26-33-64-104-86-40-31-32-45-92(86)111-93-63-52-74(70-87(93)104)51-54-77-80-57-61-84(102-80)94(96-88(107-65-34-27-22-17-12-7-2)41-38-42-89(96)108-66-35-28-23-18-13-8-3)82-59-55-78(100-82)76(53-50-72-46-48-73(49-47-72)69-75(71-99)98(105)106)79-56-60-83(101-79)95(85-62-58-81(77)103-85)97-90(109-67-36-29-24-19-14-9-4)43-39-44-91(97)110-68-37-30-25-20-15-10-5/h31-32,38-49,52,55-63,69-70,100,103H,6-30,33-37,64-68H2,1-5H3,(H,105,106)/b75-69-,78-76?,79-76?,80-77?,81-77?,94-82?,94-84?,95-83?,95-85?. The van der Waals surface area contributed by atoms with Gasteiger partial charge in [-0.3, -0.25) is 0 Å². The highest BCUT2D eigenvalue weighted by Gasteiger charge is 2.27. The number of anilines is 2. The molecule has 5 aromatic carbocycles. The minimum absolute atomic E-state index is 0.357. The smallest absolute Gasteiger partial charge is 0.346 e. The van der Waals surface area contributed by atoms with Crippen LogP contribution in [0.1, 0.15) is 278 Å². The Morgan fingerprint density at radius 3 is 1.24 bits per heavy atom. The number of aromatic nitrogens is 4. The molecule has 0 radical (unpaired) electrons. The van der Waals surface area contributed by atoms with Crippen LogP contribution in [0.5, 0.6) is 23.0 Å². The second kappa shape index (κ2) is 44.1. The van der Waals surface area contributed by atoms with E-state index in [-0.39, 0.29) is 5.57 Å². The van der Waals surface area contributed by atoms with Gasteiger partial charge in [-0.1, -0.05) is 267 Å². The molecule has 0 saturated heterocycles. The summed E-state index contributed by atoms with van der Waals surface area (Å²) in [5.41, 5.74) is 14.4. The number of rotatable bonds is 43. The third-order valence-electron chi connectivity index (χ3n) is 20.8. The van der Waals surface area contributed by atoms with Gasteiger partial charge in [0.25, 0.3) is 0 Å². The summed E-state index contributed by atoms with van der Waals surface area (Å²) >= 11 is 1.83. The van der Waals surface area contributed by atoms with Crippen molar-refractivity contribution in [3.63, 3.8) is 0 Å². The highest BCUT2D eigenvalue weighted by Crippen LogP contribution is 2.50. The largest absolute Gasteiger partial charge is 0.493 e. The van der Waals surface area contributed by atoms with Crippen LogP contribution in [0.15, 0.2) is 143 Å². The van der Waals surface area contributed by atoms with Gasteiger partial charge in [-0.25, -0.2) is 14.8 Å². The van der Waals surface area contributed by atoms with Crippen LogP contribution >= 0.6 is 11.8 Å². The van der Waals surface area contributed by atoms with Crippen LogP contribution in [0.4, 0.5) is 11.4 Å². The molecular formula is C98H114N6O6S. The molecule has 0 aliphatic carbocycles. The summed E-state index contributed by atoms with van der Waals surface area (Å²) in [6, 6.07) is 45.3. The molecule has 0 saturated carbocycles. The topological polar surface area (TPSA) is 159 Å². The summed E-state index contributed by atoms with van der Waals surface area (Å²) in [5.74, 6) is 16.2. The fourth-order valence-electron chi connectivity index (χ4n) is 14.7.